The number of methoxy groups -OCH3 is 1. The Labute approximate surface area is 136 Å². The van der Waals surface area contributed by atoms with Gasteiger partial charge < -0.3 is 10.1 Å². The van der Waals surface area contributed by atoms with Gasteiger partial charge >= 0.3 is 0 Å². The minimum atomic E-state index is 0.785. The summed E-state index contributed by atoms with van der Waals surface area (Å²) in [5.74, 6) is 2.67. The summed E-state index contributed by atoms with van der Waals surface area (Å²) < 4.78 is 5.60. The fourth-order valence-corrected chi connectivity index (χ4v) is 3.75. The fourth-order valence-electron chi connectivity index (χ4n) is 3.75. The van der Waals surface area contributed by atoms with Crippen molar-refractivity contribution in [1.82, 2.24) is 5.32 Å². The Kier molecular flexibility index (Phi) is 6.75. The zero-order valence-corrected chi connectivity index (χ0v) is 14.9. The van der Waals surface area contributed by atoms with Gasteiger partial charge in [-0.2, -0.15) is 0 Å². The van der Waals surface area contributed by atoms with E-state index >= 15 is 0 Å². The standard InChI is InChI=1S/C20H33NO/c1-5-17-13-19-12-16(11-15(2)3)7-6-9-21-10-8-18(19)14-20(17)22-4/h13-16,21H,5-12H2,1-4H3. The van der Waals surface area contributed by atoms with Crippen molar-refractivity contribution in [3.05, 3.63) is 28.8 Å². The molecule has 1 heterocycles. The second-order valence-corrected chi connectivity index (χ2v) is 7.13. The lowest BCUT2D eigenvalue weighted by molar-refractivity contribution is 0.368. The summed E-state index contributed by atoms with van der Waals surface area (Å²) in [6.45, 7) is 9.16. The molecule has 0 bridgehead atoms. The Morgan fingerprint density at radius 2 is 2.05 bits per heavy atom. The average molecular weight is 303 g/mol. The molecule has 0 saturated carbocycles. The third kappa shape index (κ3) is 4.74. The lowest BCUT2D eigenvalue weighted by Crippen LogP contribution is -2.22. The summed E-state index contributed by atoms with van der Waals surface area (Å²) in [5.41, 5.74) is 4.40. The molecule has 124 valence electrons. The molecule has 1 aliphatic rings. The minimum absolute atomic E-state index is 0.785. The quantitative estimate of drug-likeness (QED) is 0.891. The van der Waals surface area contributed by atoms with Gasteiger partial charge in [-0.15, -0.1) is 0 Å². The summed E-state index contributed by atoms with van der Waals surface area (Å²) in [5, 5.41) is 3.60. The minimum Gasteiger partial charge on any atom is -0.496 e. The van der Waals surface area contributed by atoms with Crippen molar-refractivity contribution in [2.45, 2.75) is 59.3 Å². The molecule has 0 saturated heterocycles. The predicted molar refractivity (Wildman–Crippen MR) is 94.8 cm³/mol. The largest absolute Gasteiger partial charge is 0.496 e. The van der Waals surface area contributed by atoms with Crippen molar-refractivity contribution >= 4 is 0 Å². The topological polar surface area (TPSA) is 21.3 Å². The monoisotopic (exact) mass is 303 g/mol. The van der Waals surface area contributed by atoms with E-state index in [4.69, 9.17) is 4.74 Å². The maximum atomic E-state index is 5.60. The van der Waals surface area contributed by atoms with Crippen LogP contribution in [-0.4, -0.2) is 20.2 Å². The van der Waals surface area contributed by atoms with Crippen molar-refractivity contribution in [3.8, 4) is 5.75 Å². The average Bonchev–Trinajstić information content (AvgIpc) is 2.50. The smallest absolute Gasteiger partial charge is 0.122 e. The second kappa shape index (κ2) is 8.57. The normalized spacial score (nSPS) is 19.8. The molecule has 0 aromatic heterocycles. The first kappa shape index (κ1) is 17.3. The van der Waals surface area contributed by atoms with Crippen molar-refractivity contribution in [3.63, 3.8) is 0 Å². The van der Waals surface area contributed by atoms with Crippen LogP contribution in [-0.2, 0) is 19.3 Å². The number of hydrogen-bond donors (Lipinski definition) is 1. The molecule has 2 heteroatoms. The van der Waals surface area contributed by atoms with E-state index in [2.05, 4.69) is 38.2 Å². The Morgan fingerprint density at radius 3 is 2.73 bits per heavy atom. The van der Waals surface area contributed by atoms with Crippen molar-refractivity contribution in [2.24, 2.45) is 11.8 Å². The predicted octanol–water partition coefficient (Wildman–Crippen LogP) is 4.39. The third-order valence-electron chi connectivity index (χ3n) is 4.83. The van der Waals surface area contributed by atoms with Crippen LogP contribution >= 0.6 is 0 Å². The lowest BCUT2D eigenvalue weighted by atomic mass is 9.84. The number of ether oxygens (including phenoxy) is 1. The molecule has 1 N–H and O–H groups in total. The van der Waals surface area contributed by atoms with E-state index < -0.39 is 0 Å². The Balaban J connectivity index is 2.30. The van der Waals surface area contributed by atoms with Gasteiger partial charge in [0.1, 0.15) is 5.75 Å². The molecule has 0 radical (unpaired) electrons. The van der Waals surface area contributed by atoms with E-state index in [9.17, 15) is 0 Å². The van der Waals surface area contributed by atoms with Crippen LogP contribution in [0.3, 0.4) is 0 Å². The van der Waals surface area contributed by atoms with Crippen molar-refractivity contribution in [1.29, 1.82) is 0 Å². The van der Waals surface area contributed by atoms with E-state index in [1.54, 1.807) is 12.7 Å². The summed E-state index contributed by atoms with van der Waals surface area (Å²) in [6, 6.07) is 4.72. The van der Waals surface area contributed by atoms with Crippen LogP contribution in [0.5, 0.6) is 5.75 Å². The summed E-state index contributed by atoms with van der Waals surface area (Å²) in [6.07, 6.45) is 7.40. The molecule has 0 spiro atoms. The van der Waals surface area contributed by atoms with Gasteiger partial charge in [-0.3, -0.25) is 0 Å². The van der Waals surface area contributed by atoms with Crippen molar-refractivity contribution in [2.75, 3.05) is 20.2 Å². The van der Waals surface area contributed by atoms with Gasteiger partial charge in [0.05, 0.1) is 7.11 Å². The summed E-state index contributed by atoms with van der Waals surface area (Å²) in [4.78, 5) is 0. The van der Waals surface area contributed by atoms with E-state index in [0.29, 0.717) is 0 Å². The van der Waals surface area contributed by atoms with E-state index in [1.807, 2.05) is 0 Å². The van der Waals surface area contributed by atoms with Crippen LogP contribution in [0, 0.1) is 11.8 Å². The Morgan fingerprint density at radius 1 is 1.23 bits per heavy atom. The number of benzene rings is 1. The fraction of sp³-hybridized carbons (Fsp3) is 0.700. The molecule has 1 unspecified atom stereocenters. The van der Waals surface area contributed by atoms with Gasteiger partial charge in [0.15, 0.2) is 0 Å². The zero-order chi connectivity index (χ0) is 15.9. The molecule has 1 aromatic carbocycles. The third-order valence-corrected chi connectivity index (χ3v) is 4.83. The van der Waals surface area contributed by atoms with E-state index in [1.165, 1.54) is 36.8 Å². The van der Waals surface area contributed by atoms with Gasteiger partial charge in [-0.25, -0.2) is 0 Å². The molecule has 1 aromatic rings. The summed E-state index contributed by atoms with van der Waals surface area (Å²) in [7, 11) is 1.79. The van der Waals surface area contributed by atoms with E-state index in [0.717, 1.165) is 43.5 Å². The first-order valence-electron chi connectivity index (χ1n) is 9.03. The molecular formula is C20H33NO. The lowest BCUT2D eigenvalue weighted by Gasteiger charge is -2.24. The first-order chi connectivity index (χ1) is 10.6. The number of nitrogens with one attached hydrogen (secondary N) is 1. The van der Waals surface area contributed by atoms with Crippen molar-refractivity contribution < 1.29 is 4.74 Å². The molecule has 1 atom stereocenters. The number of fused-ring (bicyclic) bond motifs is 1. The van der Waals surface area contributed by atoms with Gasteiger partial charge in [0.25, 0.3) is 0 Å². The van der Waals surface area contributed by atoms with Crippen LogP contribution < -0.4 is 10.1 Å². The van der Waals surface area contributed by atoms with Crippen LogP contribution in [0.25, 0.3) is 0 Å². The van der Waals surface area contributed by atoms with Gasteiger partial charge in [-0.05, 0) is 86.2 Å². The Hall–Kier alpha value is -1.02. The van der Waals surface area contributed by atoms with Crippen LogP contribution in [0.2, 0.25) is 0 Å². The Bertz CT molecular complexity index is 467. The highest BCUT2D eigenvalue weighted by Gasteiger charge is 2.17. The summed E-state index contributed by atoms with van der Waals surface area (Å²) >= 11 is 0. The highest BCUT2D eigenvalue weighted by molar-refractivity contribution is 5.43. The highest BCUT2D eigenvalue weighted by Crippen LogP contribution is 2.29. The second-order valence-electron chi connectivity index (χ2n) is 7.13. The highest BCUT2D eigenvalue weighted by atomic mass is 16.5. The molecular weight excluding hydrogens is 270 g/mol. The molecule has 2 nitrogen and oxygen atoms in total. The first-order valence-corrected chi connectivity index (χ1v) is 9.03. The maximum Gasteiger partial charge on any atom is 0.122 e. The molecule has 1 aliphatic heterocycles. The van der Waals surface area contributed by atoms with E-state index in [-0.39, 0.29) is 0 Å². The van der Waals surface area contributed by atoms with Crippen LogP contribution in [0.1, 0.15) is 56.7 Å². The zero-order valence-electron chi connectivity index (χ0n) is 14.9. The van der Waals surface area contributed by atoms with Crippen LogP contribution in [0.4, 0.5) is 0 Å². The van der Waals surface area contributed by atoms with Gasteiger partial charge in [0.2, 0.25) is 0 Å². The van der Waals surface area contributed by atoms with Crippen LogP contribution in [0.15, 0.2) is 12.1 Å². The molecule has 0 fully saturated rings. The number of aryl methyl sites for hydroxylation is 1. The molecule has 2 rings (SSSR count). The SMILES string of the molecule is CCc1cc2c(cc1OC)CCNCCCC(CC(C)C)C2. The maximum absolute atomic E-state index is 5.60. The van der Waals surface area contributed by atoms with Gasteiger partial charge in [0, 0.05) is 0 Å². The number of hydrogen-bond acceptors (Lipinski definition) is 2. The molecule has 0 aliphatic carbocycles. The number of rotatable bonds is 4. The molecule has 0 amide bonds. The van der Waals surface area contributed by atoms with Gasteiger partial charge in [-0.1, -0.05) is 26.8 Å². The molecule has 22 heavy (non-hydrogen) atoms.